The Morgan fingerprint density at radius 3 is 2.09 bits per heavy atom. The molecule has 0 saturated heterocycles. The molecule has 0 amide bonds. The van der Waals surface area contributed by atoms with E-state index >= 15 is 0 Å². The molecule has 0 atom stereocenters. The Hall–Kier alpha value is -2.86. The molecule has 0 unspecified atom stereocenters. The smallest absolute Gasteiger partial charge is 0.502 e. The third-order valence-corrected chi connectivity index (χ3v) is 4.92. The van der Waals surface area contributed by atoms with Gasteiger partial charge in [-0.25, -0.2) is 4.98 Å². The van der Waals surface area contributed by atoms with Crippen molar-refractivity contribution in [2.24, 2.45) is 0 Å². The van der Waals surface area contributed by atoms with Gasteiger partial charge in [-0.15, -0.1) is 5.69 Å². The molecule has 0 N–H and O–H groups in total. The van der Waals surface area contributed by atoms with Crippen LogP contribution in [0, 0.1) is 40.4 Å². The van der Waals surface area contributed by atoms with Crippen LogP contribution in [0.2, 0.25) is 0 Å². The summed E-state index contributed by atoms with van der Waals surface area (Å²) in [5.41, 5.74) is 6.38. The summed E-state index contributed by atoms with van der Waals surface area (Å²) >= 11 is 0. The van der Waals surface area contributed by atoms with Gasteiger partial charge in [0.25, 0.3) is 0 Å². The summed E-state index contributed by atoms with van der Waals surface area (Å²) in [6.45, 7) is 10.0. The number of fused-ring (bicyclic) bond motifs is 1. The van der Waals surface area contributed by atoms with Gasteiger partial charge in [-0.1, -0.05) is 0 Å². The van der Waals surface area contributed by atoms with Crippen LogP contribution in [0.25, 0.3) is 0 Å². The van der Waals surface area contributed by atoms with Crippen molar-refractivity contribution in [1.82, 2.24) is 24.4 Å². The van der Waals surface area contributed by atoms with Crippen LogP contribution in [0.4, 0.5) is 17.2 Å². The Bertz CT molecular complexity index is 1130. The molecule has 0 aliphatic carbocycles. The summed E-state index contributed by atoms with van der Waals surface area (Å²) in [5.74, 6) is 0.951. The van der Waals surface area contributed by atoms with Crippen molar-refractivity contribution in [1.29, 1.82) is 0 Å². The van der Waals surface area contributed by atoms with Gasteiger partial charge in [0, 0.05) is 23.3 Å². The Labute approximate surface area is 204 Å². The van der Waals surface area contributed by atoms with Crippen molar-refractivity contribution in [2.45, 2.75) is 27.7 Å². The van der Waals surface area contributed by atoms with Crippen molar-refractivity contribution in [2.75, 3.05) is 16.8 Å². The number of pyridine rings is 1. The molecule has 1 aliphatic rings. The Kier molecular flexibility index (Phi) is 7.57. The molecule has 7 nitrogen and oxygen atoms in total. The monoisotopic (exact) mass is 605 g/mol. The summed E-state index contributed by atoms with van der Waals surface area (Å²) < 4.78 is 3.68. The van der Waals surface area contributed by atoms with E-state index in [-0.39, 0.29) is 21.1 Å². The van der Waals surface area contributed by atoms with Gasteiger partial charge in [-0.2, -0.15) is 47.2 Å². The van der Waals surface area contributed by atoms with Crippen molar-refractivity contribution in [3.8, 4) is 0 Å². The number of rotatable bonds is 3. The summed E-state index contributed by atoms with van der Waals surface area (Å²) in [6.07, 6.45) is 1.81. The van der Waals surface area contributed by atoms with E-state index in [1.54, 1.807) is 0 Å². The van der Waals surface area contributed by atoms with Crippen LogP contribution in [0.3, 0.4) is 0 Å². The fourth-order valence-corrected chi connectivity index (χ4v) is 3.48. The van der Waals surface area contributed by atoms with Gasteiger partial charge in [-0.3, -0.25) is 9.19 Å². The van der Waals surface area contributed by atoms with Crippen LogP contribution < -0.4 is 9.80 Å². The second-order valence-electron chi connectivity index (χ2n) is 7.55. The van der Waals surface area contributed by atoms with Gasteiger partial charge in [0.05, 0.1) is 11.4 Å². The molecule has 4 heterocycles. The maximum atomic E-state index is 4.40. The number of nitrogens with zero attached hydrogens (tertiary/aromatic N) is 7. The first-order valence-electron chi connectivity index (χ1n) is 10.1. The van der Waals surface area contributed by atoms with Crippen LogP contribution in [-0.4, -0.2) is 39.0 Å². The zero-order chi connectivity index (χ0) is 22.0. The summed E-state index contributed by atoms with van der Waals surface area (Å²) in [4.78, 5) is 8.50. The minimum absolute atomic E-state index is 0. The third kappa shape index (κ3) is 5.13. The molecule has 9 heteroatoms. The van der Waals surface area contributed by atoms with Crippen molar-refractivity contribution in [3.63, 3.8) is 0 Å². The molecular weight excluding hydrogens is 580 g/mol. The molecule has 4 aromatic rings. The third-order valence-electron chi connectivity index (χ3n) is 4.92. The van der Waals surface area contributed by atoms with Gasteiger partial charge in [0.2, 0.25) is 0 Å². The summed E-state index contributed by atoms with van der Waals surface area (Å²) in [6, 6.07) is 19.2. The molecule has 165 valence electrons. The summed E-state index contributed by atoms with van der Waals surface area (Å²) in [5, 5.41) is 8.71. The SMILES string of the molecule is CN1[CH-]N(c2[c-]cccc2)c2ncccc21.Cc1cc(C)n([B]n2nc(C)cc2C)n1.[Pt+2]. The number of para-hydroxylation sites is 1. The van der Waals surface area contributed by atoms with Gasteiger partial charge < -0.3 is 9.80 Å². The van der Waals surface area contributed by atoms with Crippen LogP contribution in [0.5, 0.6) is 0 Å². The second kappa shape index (κ2) is 10.2. The molecule has 5 rings (SSSR count). The first-order chi connectivity index (χ1) is 14.9. The standard InChI is InChI=1S/C13H11N3.C10H14BN4.Pt/c1-15-10-16(11-6-3-2-4-7-11)13-12(15)8-5-9-14-13;1-7-5-9(3)14(12-7)11-15-10(4)6-8(2)13-15;/h2-6,8-10H,1H3;5-6H,1-4H3;/q-2;;+2. The van der Waals surface area contributed by atoms with E-state index in [2.05, 4.69) is 32.2 Å². The molecule has 1 aliphatic heterocycles. The van der Waals surface area contributed by atoms with Crippen LogP contribution in [0.1, 0.15) is 22.8 Å². The maximum Gasteiger partial charge on any atom is 2.00 e. The topological polar surface area (TPSA) is 55.0 Å². The number of hydrogen-bond donors (Lipinski definition) is 0. The van der Waals surface area contributed by atoms with E-state index in [1.807, 2.05) is 112 Å². The van der Waals surface area contributed by atoms with Gasteiger partial charge in [0.1, 0.15) is 5.82 Å². The summed E-state index contributed by atoms with van der Waals surface area (Å²) in [7, 11) is 3.91. The number of anilines is 3. The number of aromatic nitrogens is 5. The fourth-order valence-electron chi connectivity index (χ4n) is 3.48. The molecular formula is C23H25BN7Pt. The van der Waals surface area contributed by atoms with E-state index in [0.29, 0.717) is 0 Å². The normalized spacial score (nSPS) is 12.0. The van der Waals surface area contributed by atoms with Crippen molar-refractivity contribution in [3.05, 3.63) is 90.2 Å². The Morgan fingerprint density at radius 1 is 0.906 bits per heavy atom. The first kappa shape index (κ1) is 23.8. The Balaban J connectivity index is 0.000000176. The molecule has 0 bridgehead atoms. The molecule has 3 aromatic heterocycles. The second-order valence-corrected chi connectivity index (χ2v) is 7.55. The fraction of sp³-hybridized carbons (Fsp3) is 0.217. The van der Waals surface area contributed by atoms with E-state index in [4.69, 9.17) is 0 Å². The average molecular weight is 605 g/mol. The molecule has 0 fully saturated rings. The molecule has 1 radical (unpaired) electrons. The molecule has 32 heavy (non-hydrogen) atoms. The van der Waals surface area contributed by atoms with Gasteiger partial charge >= 0.3 is 28.6 Å². The average Bonchev–Trinajstić information content (AvgIpc) is 3.38. The zero-order valence-corrected chi connectivity index (χ0v) is 21.1. The van der Waals surface area contributed by atoms with E-state index in [0.717, 1.165) is 40.0 Å². The molecule has 0 spiro atoms. The predicted molar refractivity (Wildman–Crippen MR) is 124 cm³/mol. The van der Waals surface area contributed by atoms with Crippen LogP contribution >= 0.6 is 0 Å². The van der Waals surface area contributed by atoms with Gasteiger partial charge in [0.15, 0.2) is 0 Å². The van der Waals surface area contributed by atoms with Crippen LogP contribution in [-0.2, 0) is 21.1 Å². The predicted octanol–water partition coefficient (Wildman–Crippen LogP) is 3.83. The van der Waals surface area contributed by atoms with Gasteiger partial charge in [-0.05, 0) is 59.0 Å². The van der Waals surface area contributed by atoms with E-state index in [9.17, 15) is 0 Å². The van der Waals surface area contributed by atoms with Crippen LogP contribution in [0.15, 0.2) is 54.7 Å². The zero-order valence-electron chi connectivity index (χ0n) is 18.8. The van der Waals surface area contributed by atoms with Crippen molar-refractivity contribution < 1.29 is 21.1 Å². The number of benzene rings is 1. The number of aryl methyl sites for hydroxylation is 4. The van der Waals surface area contributed by atoms with Crippen molar-refractivity contribution >= 4 is 24.7 Å². The largest absolute Gasteiger partial charge is 2.00 e. The van der Waals surface area contributed by atoms with E-state index in [1.165, 1.54) is 0 Å². The maximum absolute atomic E-state index is 4.40. The quantitative estimate of drug-likeness (QED) is 0.263. The molecule has 0 saturated carbocycles. The molecule has 1 aromatic carbocycles. The van der Waals surface area contributed by atoms with E-state index < -0.39 is 0 Å². The first-order valence-corrected chi connectivity index (χ1v) is 10.1. The number of hydrogen-bond acceptors (Lipinski definition) is 5. The minimum Gasteiger partial charge on any atom is -0.502 e. The Morgan fingerprint density at radius 2 is 1.56 bits per heavy atom. The minimum atomic E-state index is 0.